The molecule has 142 valence electrons. The lowest BCUT2D eigenvalue weighted by Gasteiger charge is -2.17. The van der Waals surface area contributed by atoms with Gasteiger partial charge >= 0.3 is 0 Å². The normalized spacial score (nSPS) is 26.1. The highest BCUT2D eigenvalue weighted by Crippen LogP contribution is 2.34. The van der Waals surface area contributed by atoms with Crippen LogP contribution in [0.25, 0.3) is 11.3 Å². The maximum Gasteiger partial charge on any atom is 0.251 e. The molecular weight excluding hydrogens is 356 g/mol. The number of ether oxygens (including phenoxy) is 2. The molecule has 1 aromatic heterocycles. The number of nitrogens with zero attached hydrogens (tertiary/aromatic N) is 3. The number of hydrogen-bond acceptors (Lipinski definition) is 5. The summed E-state index contributed by atoms with van der Waals surface area (Å²) in [6, 6.07) is 18.9. The second-order valence-corrected chi connectivity index (χ2v) is 7.06. The number of carbonyl (C=O) groups is 1. The molecule has 7 nitrogen and oxygen atoms in total. The molecule has 2 fully saturated rings. The number of aromatic nitrogens is 3. The highest BCUT2D eigenvalue weighted by Gasteiger charge is 2.49. The van der Waals surface area contributed by atoms with Gasteiger partial charge in [0.2, 0.25) is 0 Å². The van der Waals surface area contributed by atoms with Gasteiger partial charge in [0.05, 0.1) is 25.5 Å². The van der Waals surface area contributed by atoms with Crippen molar-refractivity contribution in [1.82, 2.24) is 20.3 Å². The van der Waals surface area contributed by atoms with Gasteiger partial charge in [-0.2, -0.15) is 0 Å². The van der Waals surface area contributed by atoms with Crippen LogP contribution in [0.4, 0.5) is 0 Å². The van der Waals surface area contributed by atoms with Crippen molar-refractivity contribution < 1.29 is 14.3 Å². The fourth-order valence-corrected chi connectivity index (χ4v) is 3.85. The maximum absolute atomic E-state index is 12.5. The summed E-state index contributed by atoms with van der Waals surface area (Å²) < 4.78 is 13.8. The van der Waals surface area contributed by atoms with Crippen molar-refractivity contribution in [3.8, 4) is 11.3 Å². The molecular formula is C21H20N4O3. The molecule has 4 atom stereocenters. The summed E-state index contributed by atoms with van der Waals surface area (Å²) >= 11 is 0. The van der Waals surface area contributed by atoms with Crippen LogP contribution in [0.2, 0.25) is 0 Å². The van der Waals surface area contributed by atoms with E-state index in [1.807, 2.05) is 59.4 Å². The quantitative estimate of drug-likeness (QED) is 0.754. The average molecular weight is 376 g/mol. The number of fused-ring (bicyclic) bond motifs is 1. The SMILES string of the molecule is O=C(N[C@H]1CO[C@H]2[C@H]1OC[C@H]2n1cc(-c2ccccc2)nn1)c1ccccc1. The molecule has 0 saturated carbocycles. The molecule has 2 saturated heterocycles. The van der Waals surface area contributed by atoms with Gasteiger partial charge in [-0.25, -0.2) is 4.68 Å². The Morgan fingerprint density at radius 3 is 2.46 bits per heavy atom. The van der Waals surface area contributed by atoms with E-state index in [-0.39, 0.29) is 30.2 Å². The average Bonchev–Trinajstić information content (AvgIpc) is 3.47. The summed E-state index contributed by atoms with van der Waals surface area (Å²) in [5, 5.41) is 11.6. The monoisotopic (exact) mass is 376 g/mol. The van der Waals surface area contributed by atoms with Crippen molar-refractivity contribution >= 4 is 5.91 Å². The van der Waals surface area contributed by atoms with E-state index in [1.165, 1.54) is 0 Å². The molecule has 2 aliphatic heterocycles. The number of hydrogen-bond donors (Lipinski definition) is 1. The molecule has 0 radical (unpaired) electrons. The van der Waals surface area contributed by atoms with Gasteiger partial charge in [-0.3, -0.25) is 4.79 Å². The van der Waals surface area contributed by atoms with Crippen LogP contribution in [0, 0.1) is 0 Å². The van der Waals surface area contributed by atoms with E-state index in [0.717, 1.165) is 11.3 Å². The molecule has 3 aromatic rings. The summed E-state index contributed by atoms with van der Waals surface area (Å²) in [5.74, 6) is -0.117. The number of benzene rings is 2. The Morgan fingerprint density at radius 1 is 0.964 bits per heavy atom. The minimum atomic E-state index is -0.193. The van der Waals surface area contributed by atoms with Crippen molar-refractivity contribution in [2.24, 2.45) is 0 Å². The first-order chi connectivity index (χ1) is 13.8. The molecule has 0 aliphatic carbocycles. The largest absolute Gasteiger partial charge is 0.371 e. The highest BCUT2D eigenvalue weighted by atomic mass is 16.6. The van der Waals surface area contributed by atoms with E-state index >= 15 is 0 Å². The summed E-state index contributed by atoms with van der Waals surface area (Å²) in [6.45, 7) is 0.898. The predicted molar refractivity (Wildman–Crippen MR) is 102 cm³/mol. The first-order valence-electron chi connectivity index (χ1n) is 9.36. The molecule has 2 aliphatic rings. The lowest BCUT2D eigenvalue weighted by atomic mass is 10.1. The third-order valence-corrected chi connectivity index (χ3v) is 5.30. The van der Waals surface area contributed by atoms with Crippen LogP contribution in [-0.4, -0.2) is 52.4 Å². The van der Waals surface area contributed by atoms with Crippen molar-refractivity contribution in [1.29, 1.82) is 0 Å². The van der Waals surface area contributed by atoms with Crippen LogP contribution in [0.15, 0.2) is 66.9 Å². The van der Waals surface area contributed by atoms with E-state index in [4.69, 9.17) is 9.47 Å². The minimum absolute atomic E-state index is 0.0615. The Bertz CT molecular complexity index is 960. The molecule has 3 heterocycles. The first-order valence-corrected chi connectivity index (χ1v) is 9.36. The van der Waals surface area contributed by atoms with E-state index in [1.54, 1.807) is 12.1 Å². The number of amides is 1. The van der Waals surface area contributed by atoms with Crippen molar-refractivity contribution in [2.75, 3.05) is 13.2 Å². The minimum Gasteiger partial charge on any atom is -0.371 e. The Hall–Kier alpha value is -3.03. The first kappa shape index (κ1) is 17.1. The molecule has 1 amide bonds. The fraction of sp³-hybridized carbons (Fsp3) is 0.286. The van der Waals surface area contributed by atoms with Crippen LogP contribution < -0.4 is 5.32 Å². The smallest absolute Gasteiger partial charge is 0.251 e. The molecule has 7 heteroatoms. The van der Waals surface area contributed by atoms with E-state index in [0.29, 0.717) is 18.8 Å². The Morgan fingerprint density at radius 2 is 1.68 bits per heavy atom. The van der Waals surface area contributed by atoms with Gasteiger partial charge in [0.15, 0.2) is 0 Å². The standard InChI is InChI=1S/C21H20N4O3/c26-21(15-9-5-2-6-10-15)22-17-12-27-20-18(13-28-19(17)20)25-11-16(23-24-25)14-7-3-1-4-8-14/h1-11,17-20H,12-13H2,(H,22,26)/t17-,18+,19-,20+/m0/s1. The molecule has 0 spiro atoms. The summed E-state index contributed by atoms with van der Waals surface area (Å²) in [4.78, 5) is 12.5. The van der Waals surface area contributed by atoms with Gasteiger partial charge in [0, 0.05) is 11.1 Å². The molecule has 0 unspecified atom stereocenters. The van der Waals surface area contributed by atoms with E-state index < -0.39 is 0 Å². The number of rotatable bonds is 4. The van der Waals surface area contributed by atoms with Gasteiger partial charge < -0.3 is 14.8 Å². The molecule has 1 N–H and O–H groups in total. The van der Waals surface area contributed by atoms with Gasteiger partial charge in [0.1, 0.15) is 23.9 Å². The molecule has 2 aromatic carbocycles. The molecule has 5 rings (SSSR count). The predicted octanol–water partition coefficient (Wildman–Crippen LogP) is 2.08. The zero-order valence-electron chi connectivity index (χ0n) is 15.1. The Labute approximate surface area is 162 Å². The summed E-state index contributed by atoms with van der Waals surface area (Å²) in [7, 11) is 0. The summed E-state index contributed by atoms with van der Waals surface area (Å²) in [6.07, 6.45) is 1.57. The van der Waals surface area contributed by atoms with Gasteiger partial charge in [-0.05, 0) is 12.1 Å². The topological polar surface area (TPSA) is 78.3 Å². The zero-order valence-corrected chi connectivity index (χ0v) is 15.1. The number of nitrogens with one attached hydrogen (secondary N) is 1. The third kappa shape index (κ3) is 3.08. The Balaban J connectivity index is 1.28. The van der Waals surface area contributed by atoms with Crippen molar-refractivity contribution in [3.63, 3.8) is 0 Å². The van der Waals surface area contributed by atoms with Gasteiger partial charge in [-0.15, -0.1) is 5.10 Å². The van der Waals surface area contributed by atoms with E-state index in [9.17, 15) is 4.79 Å². The second-order valence-electron chi connectivity index (χ2n) is 7.06. The third-order valence-electron chi connectivity index (χ3n) is 5.30. The highest BCUT2D eigenvalue weighted by molar-refractivity contribution is 5.94. The van der Waals surface area contributed by atoms with Crippen LogP contribution in [0.5, 0.6) is 0 Å². The lowest BCUT2D eigenvalue weighted by molar-refractivity contribution is 0.0613. The molecule has 0 bridgehead atoms. The van der Waals surface area contributed by atoms with Crippen molar-refractivity contribution in [2.45, 2.75) is 24.3 Å². The van der Waals surface area contributed by atoms with Gasteiger partial charge in [-0.1, -0.05) is 53.7 Å². The maximum atomic E-state index is 12.5. The fourth-order valence-electron chi connectivity index (χ4n) is 3.85. The zero-order chi connectivity index (χ0) is 18.9. The second kappa shape index (κ2) is 7.18. The van der Waals surface area contributed by atoms with Crippen LogP contribution in [0.3, 0.4) is 0 Å². The van der Waals surface area contributed by atoms with E-state index in [2.05, 4.69) is 15.6 Å². The summed E-state index contributed by atoms with van der Waals surface area (Å²) in [5.41, 5.74) is 2.46. The van der Waals surface area contributed by atoms with Crippen LogP contribution in [-0.2, 0) is 9.47 Å². The molecule has 28 heavy (non-hydrogen) atoms. The van der Waals surface area contributed by atoms with Crippen LogP contribution >= 0.6 is 0 Å². The lowest BCUT2D eigenvalue weighted by Crippen LogP contribution is -2.44. The van der Waals surface area contributed by atoms with Crippen LogP contribution in [0.1, 0.15) is 16.4 Å². The number of carbonyl (C=O) groups excluding carboxylic acids is 1. The van der Waals surface area contributed by atoms with Gasteiger partial charge in [0.25, 0.3) is 5.91 Å². The Kier molecular flexibility index (Phi) is 4.38. The van der Waals surface area contributed by atoms with Crippen molar-refractivity contribution in [3.05, 3.63) is 72.4 Å².